The predicted octanol–water partition coefficient (Wildman–Crippen LogP) is 3.63. The Balaban J connectivity index is 2.17. The molecule has 0 heterocycles. The zero-order valence-corrected chi connectivity index (χ0v) is 10.0. The lowest BCUT2D eigenvalue weighted by molar-refractivity contribution is 0.387. The second-order valence-corrected chi connectivity index (χ2v) is 4.70. The van der Waals surface area contributed by atoms with E-state index in [-0.39, 0.29) is 17.8 Å². The highest BCUT2D eigenvalue weighted by atomic mass is 19.1. The minimum Gasteiger partial charge on any atom is -0.378 e. The SMILES string of the molecule is Cc1cccc(F)c1NC1CCCCC1C#N. The predicted molar refractivity (Wildman–Crippen MR) is 66.1 cm³/mol. The highest BCUT2D eigenvalue weighted by Crippen LogP contribution is 2.29. The Morgan fingerprint density at radius 1 is 1.35 bits per heavy atom. The second-order valence-electron chi connectivity index (χ2n) is 4.70. The van der Waals surface area contributed by atoms with Crippen molar-refractivity contribution in [3.63, 3.8) is 0 Å². The van der Waals surface area contributed by atoms with Crippen LogP contribution in [-0.2, 0) is 0 Å². The summed E-state index contributed by atoms with van der Waals surface area (Å²) in [4.78, 5) is 0. The number of anilines is 1. The molecule has 0 aromatic heterocycles. The number of hydrogen-bond acceptors (Lipinski definition) is 2. The summed E-state index contributed by atoms with van der Waals surface area (Å²) in [5.74, 6) is -0.227. The van der Waals surface area contributed by atoms with Crippen LogP contribution in [0.2, 0.25) is 0 Å². The molecule has 0 radical (unpaired) electrons. The summed E-state index contributed by atoms with van der Waals surface area (Å²) in [5.41, 5.74) is 1.45. The molecule has 0 saturated heterocycles. The number of nitriles is 1. The molecule has 1 aromatic rings. The van der Waals surface area contributed by atoms with Gasteiger partial charge in [-0.25, -0.2) is 4.39 Å². The van der Waals surface area contributed by atoms with Gasteiger partial charge in [-0.3, -0.25) is 0 Å². The lowest BCUT2D eigenvalue weighted by atomic mass is 9.85. The van der Waals surface area contributed by atoms with Gasteiger partial charge in [-0.1, -0.05) is 25.0 Å². The smallest absolute Gasteiger partial charge is 0.146 e. The van der Waals surface area contributed by atoms with Crippen LogP contribution in [0.1, 0.15) is 31.2 Å². The van der Waals surface area contributed by atoms with Gasteiger partial charge in [0.1, 0.15) is 5.82 Å². The summed E-state index contributed by atoms with van der Waals surface area (Å²) >= 11 is 0. The van der Waals surface area contributed by atoms with E-state index in [0.717, 1.165) is 31.2 Å². The standard InChI is InChI=1S/C14H17FN2/c1-10-5-4-7-12(15)14(10)17-13-8-3-2-6-11(13)9-16/h4-5,7,11,13,17H,2-3,6,8H2,1H3. The summed E-state index contributed by atoms with van der Waals surface area (Å²) < 4.78 is 13.7. The third-order valence-corrected chi connectivity index (χ3v) is 3.48. The van der Waals surface area contributed by atoms with Gasteiger partial charge in [-0.15, -0.1) is 0 Å². The molecule has 1 saturated carbocycles. The second kappa shape index (κ2) is 5.18. The number of halogens is 1. The lowest BCUT2D eigenvalue weighted by Crippen LogP contribution is -2.31. The number of benzene rings is 1. The van der Waals surface area contributed by atoms with Gasteiger partial charge in [0.25, 0.3) is 0 Å². The van der Waals surface area contributed by atoms with Crippen LogP contribution < -0.4 is 5.32 Å². The van der Waals surface area contributed by atoms with Crippen molar-refractivity contribution in [3.05, 3.63) is 29.6 Å². The number of nitrogens with zero attached hydrogens (tertiary/aromatic N) is 1. The largest absolute Gasteiger partial charge is 0.378 e. The highest BCUT2D eigenvalue weighted by Gasteiger charge is 2.25. The maximum Gasteiger partial charge on any atom is 0.146 e. The molecule has 0 spiro atoms. The first kappa shape index (κ1) is 11.9. The molecule has 2 rings (SSSR count). The first-order valence-electron chi connectivity index (χ1n) is 6.13. The van der Waals surface area contributed by atoms with E-state index in [1.165, 1.54) is 6.07 Å². The van der Waals surface area contributed by atoms with E-state index in [0.29, 0.717) is 5.69 Å². The number of aryl methyl sites for hydroxylation is 1. The van der Waals surface area contributed by atoms with E-state index >= 15 is 0 Å². The Morgan fingerprint density at radius 3 is 2.82 bits per heavy atom. The van der Waals surface area contributed by atoms with Crippen LogP contribution in [-0.4, -0.2) is 6.04 Å². The maximum atomic E-state index is 13.7. The molecular weight excluding hydrogens is 215 g/mol. The Morgan fingerprint density at radius 2 is 2.12 bits per heavy atom. The van der Waals surface area contributed by atoms with Crippen molar-refractivity contribution in [1.82, 2.24) is 0 Å². The fourth-order valence-electron chi connectivity index (χ4n) is 2.46. The summed E-state index contributed by atoms with van der Waals surface area (Å²) in [6.45, 7) is 1.88. The van der Waals surface area contributed by atoms with Crippen molar-refractivity contribution >= 4 is 5.69 Å². The van der Waals surface area contributed by atoms with Crippen LogP contribution in [0.3, 0.4) is 0 Å². The van der Waals surface area contributed by atoms with Gasteiger partial charge in [0.2, 0.25) is 0 Å². The highest BCUT2D eigenvalue weighted by molar-refractivity contribution is 5.52. The lowest BCUT2D eigenvalue weighted by Gasteiger charge is -2.29. The first-order chi connectivity index (χ1) is 8.22. The van der Waals surface area contributed by atoms with E-state index < -0.39 is 0 Å². The van der Waals surface area contributed by atoms with Crippen LogP contribution in [0.15, 0.2) is 18.2 Å². The molecule has 1 N–H and O–H groups in total. The van der Waals surface area contributed by atoms with E-state index in [2.05, 4.69) is 11.4 Å². The fourth-order valence-corrected chi connectivity index (χ4v) is 2.46. The van der Waals surface area contributed by atoms with E-state index in [4.69, 9.17) is 5.26 Å². The van der Waals surface area contributed by atoms with Crippen molar-refractivity contribution in [1.29, 1.82) is 5.26 Å². The first-order valence-corrected chi connectivity index (χ1v) is 6.13. The van der Waals surface area contributed by atoms with Crippen LogP contribution in [0.5, 0.6) is 0 Å². The zero-order chi connectivity index (χ0) is 12.3. The third kappa shape index (κ3) is 2.58. The molecule has 1 aliphatic carbocycles. The van der Waals surface area contributed by atoms with Gasteiger partial charge in [-0.2, -0.15) is 5.26 Å². The number of para-hydroxylation sites is 1. The van der Waals surface area contributed by atoms with Gasteiger partial charge >= 0.3 is 0 Å². The molecule has 1 aliphatic rings. The minimum absolute atomic E-state index is 0.00255. The quantitative estimate of drug-likeness (QED) is 0.845. The minimum atomic E-state index is -0.229. The molecule has 17 heavy (non-hydrogen) atoms. The van der Waals surface area contributed by atoms with Gasteiger partial charge < -0.3 is 5.32 Å². The molecule has 1 fully saturated rings. The third-order valence-electron chi connectivity index (χ3n) is 3.48. The average molecular weight is 232 g/mol. The molecule has 0 aliphatic heterocycles. The Kier molecular flexibility index (Phi) is 3.63. The molecule has 0 amide bonds. The summed E-state index contributed by atoms with van der Waals surface area (Å²) in [7, 11) is 0. The van der Waals surface area contributed by atoms with Crippen LogP contribution in [0.25, 0.3) is 0 Å². The molecular formula is C14H17FN2. The summed E-state index contributed by atoms with van der Waals surface area (Å²) in [6.07, 6.45) is 4.09. The summed E-state index contributed by atoms with van der Waals surface area (Å²) in [5, 5.41) is 12.3. The van der Waals surface area contributed by atoms with Gasteiger partial charge in [0.05, 0.1) is 17.7 Å². The molecule has 0 bridgehead atoms. The van der Waals surface area contributed by atoms with Crippen molar-refractivity contribution in [2.24, 2.45) is 5.92 Å². The Labute approximate surface area is 101 Å². The molecule has 2 unspecified atom stereocenters. The van der Waals surface area contributed by atoms with E-state index in [1.807, 2.05) is 13.0 Å². The van der Waals surface area contributed by atoms with Crippen molar-refractivity contribution in [3.8, 4) is 6.07 Å². The van der Waals surface area contributed by atoms with E-state index in [1.54, 1.807) is 6.07 Å². The van der Waals surface area contributed by atoms with Gasteiger partial charge in [-0.05, 0) is 31.4 Å². The molecule has 2 nitrogen and oxygen atoms in total. The molecule has 2 atom stereocenters. The maximum absolute atomic E-state index is 13.7. The van der Waals surface area contributed by atoms with Crippen LogP contribution in [0, 0.1) is 30.0 Å². The number of hydrogen-bond donors (Lipinski definition) is 1. The topological polar surface area (TPSA) is 35.8 Å². The van der Waals surface area contributed by atoms with Crippen molar-refractivity contribution in [2.45, 2.75) is 38.6 Å². The molecule has 1 aromatic carbocycles. The average Bonchev–Trinajstić information content (AvgIpc) is 2.34. The van der Waals surface area contributed by atoms with Gasteiger partial charge in [0.15, 0.2) is 0 Å². The van der Waals surface area contributed by atoms with E-state index in [9.17, 15) is 4.39 Å². The monoisotopic (exact) mass is 232 g/mol. The number of nitrogens with one attached hydrogen (secondary N) is 1. The van der Waals surface area contributed by atoms with Crippen molar-refractivity contribution in [2.75, 3.05) is 5.32 Å². The summed E-state index contributed by atoms with van der Waals surface area (Å²) in [6, 6.07) is 7.46. The fraction of sp³-hybridized carbons (Fsp3) is 0.500. The normalized spacial score (nSPS) is 24.1. The van der Waals surface area contributed by atoms with Gasteiger partial charge in [0, 0.05) is 6.04 Å². The zero-order valence-electron chi connectivity index (χ0n) is 10.0. The molecule has 3 heteroatoms. The van der Waals surface area contributed by atoms with Crippen molar-refractivity contribution < 1.29 is 4.39 Å². The van der Waals surface area contributed by atoms with Crippen LogP contribution in [0.4, 0.5) is 10.1 Å². The van der Waals surface area contributed by atoms with Crippen LogP contribution >= 0.6 is 0 Å². The molecule has 90 valence electrons. The Hall–Kier alpha value is -1.56. The number of rotatable bonds is 2. The Bertz CT molecular complexity index is 416.